The Hall–Kier alpha value is -3.78. The molecule has 0 fully saturated rings. The van der Waals surface area contributed by atoms with Crippen LogP contribution < -0.4 is 17.2 Å². The summed E-state index contributed by atoms with van der Waals surface area (Å²) in [7, 11) is 0. The highest BCUT2D eigenvalue weighted by atomic mass is 16.4. The Balaban J connectivity index is 0.000000270. The van der Waals surface area contributed by atoms with E-state index in [4.69, 9.17) is 37.6 Å². The zero-order valence-electron chi connectivity index (χ0n) is 18.5. The van der Waals surface area contributed by atoms with Gasteiger partial charge in [0.05, 0.1) is 12.4 Å². The Morgan fingerprint density at radius 3 is 2.00 bits per heavy atom. The van der Waals surface area contributed by atoms with Gasteiger partial charge in [0.15, 0.2) is 0 Å². The van der Waals surface area contributed by atoms with E-state index in [0.29, 0.717) is 6.42 Å². The van der Waals surface area contributed by atoms with Crippen LogP contribution in [0, 0.1) is 0 Å². The number of imidazole rings is 1. The van der Waals surface area contributed by atoms with E-state index in [0.717, 1.165) is 22.2 Å². The van der Waals surface area contributed by atoms with Gasteiger partial charge in [-0.05, 0) is 18.6 Å². The Bertz CT molecular complexity index is 1050. The summed E-state index contributed by atoms with van der Waals surface area (Å²) >= 11 is 0. The van der Waals surface area contributed by atoms with Gasteiger partial charge in [-0.25, -0.2) is 4.98 Å². The van der Waals surface area contributed by atoms with Crippen molar-refractivity contribution in [2.45, 2.75) is 44.0 Å². The fraction of sp³-hybridized carbons (Fsp3) is 0.333. The van der Waals surface area contributed by atoms with Crippen LogP contribution in [0.5, 0.6) is 0 Å². The predicted octanol–water partition coefficient (Wildman–Crippen LogP) is -0.734. The number of hydrogen-bond donors (Lipinski definition) is 9. The number of nitrogens with one attached hydrogen (secondary N) is 2. The number of aliphatic carboxylic acids is 3. The number of aliphatic hydroxyl groups excluding tert-OH is 1. The Morgan fingerprint density at radius 1 is 0.941 bits per heavy atom. The number of nitrogens with zero attached hydrogens (tertiary/aromatic N) is 1. The van der Waals surface area contributed by atoms with E-state index in [1.165, 1.54) is 13.3 Å². The van der Waals surface area contributed by atoms with Crippen molar-refractivity contribution in [3.63, 3.8) is 0 Å². The number of rotatable bonds is 8. The second-order valence-corrected chi connectivity index (χ2v) is 7.34. The smallest absolute Gasteiger partial charge is 0.323 e. The molecule has 0 bridgehead atoms. The molecule has 0 amide bonds. The van der Waals surface area contributed by atoms with E-state index >= 15 is 0 Å². The zero-order valence-corrected chi connectivity index (χ0v) is 18.5. The maximum absolute atomic E-state index is 10.6. The lowest BCUT2D eigenvalue weighted by Gasteiger charge is -2.06. The lowest BCUT2D eigenvalue weighted by Crippen LogP contribution is -2.39. The molecule has 0 saturated heterocycles. The van der Waals surface area contributed by atoms with Crippen molar-refractivity contribution in [3.8, 4) is 0 Å². The SMILES string of the molecule is CC(O)C(N)C(=O)O.NC(Cc1c[nH]c2ccccc12)C(=O)O.NC(Cc1cnc[nH]1)C(=O)O. The molecule has 4 unspecified atom stereocenters. The second kappa shape index (κ2) is 13.7. The van der Waals surface area contributed by atoms with E-state index in [2.05, 4.69) is 15.0 Å². The molecule has 0 aliphatic carbocycles. The predicted molar refractivity (Wildman–Crippen MR) is 123 cm³/mol. The highest BCUT2D eigenvalue weighted by Crippen LogP contribution is 2.18. The van der Waals surface area contributed by atoms with E-state index in [-0.39, 0.29) is 6.42 Å². The lowest BCUT2D eigenvalue weighted by molar-refractivity contribution is -0.141. The molecule has 0 radical (unpaired) electrons. The van der Waals surface area contributed by atoms with Gasteiger partial charge < -0.3 is 47.6 Å². The first-order chi connectivity index (χ1) is 15.9. The van der Waals surface area contributed by atoms with Crippen LogP contribution >= 0.6 is 0 Å². The van der Waals surface area contributed by atoms with Crippen molar-refractivity contribution in [1.82, 2.24) is 15.0 Å². The number of nitrogens with two attached hydrogens (primary N) is 3. The highest BCUT2D eigenvalue weighted by Gasteiger charge is 2.16. The molecule has 3 aromatic rings. The standard InChI is InChI=1S/C11H12N2O2.C6H9N3O2.C4H9NO3/c12-9(11(14)15)5-7-6-13-10-4-2-1-3-8(7)10;7-5(6(10)11)1-4-2-8-3-9-4;1-2(6)3(5)4(7)8/h1-4,6,9,13H,5,12H2,(H,14,15);2-3,5H,1,7H2,(H,8,9)(H,10,11);2-3,6H,5H2,1H3,(H,7,8). The summed E-state index contributed by atoms with van der Waals surface area (Å²) in [4.78, 5) is 40.3. The molecule has 0 spiro atoms. The molecule has 3 rings (SSSR count). The lowest BCUT2D eigenvalue weighted by atomic mass is 10.1. The van der Waals surface area contributed by atoms with Crippen LogP contribution in [0.2, 0.25) is 0 Å². The topological polar surface area (TPSA) is 255 Å². The third-order valence-corrected chi connectivity index (χ3v) is 4.55. The Labute approximate surface area is 194 Å². The van der Waals surface area contributed by atoms with Crippen molar-refractivity contribution in [2.24, 2.45) is 17.2 Å². The summed E-state index contributed by atoms with van der Waals surface area (Å²) in [5.41, 5.74) is 18.3. The molecule has 2 heterocycles. The zero-order chi connectivity index (χ0) is 25.8. The summed E-state index contributed by atoms with van der Waals surface area (Å²) in [6.07, 6.45) is 4.52. The number of aromatic nitrogens is 3. The average molecular weight is 479 g/mol. The third kappa shape index (κ3) is 9.38. The molecule has 0 aliphatic heterocycles. The fourth-order valence-corrected chi connectivity index (χ4v) is 2.55. The van der Waals surface area contributed by atoms with Crippen LogP contribution in [0.1, 0.15) is 18.2 Å². The van der Waals surface area contributed by atoms with Gasteiger partial charge >= 0.3 is 17.9 Å². The maximum atomic E-state index is 10.6. The summed E-state index contributed by atoms with van der Waals surface area (Å²) in [6.45, 7) is 1.33. The highest BCUT2D eigenvalue weighted by molar-refractivity contribution is 5.84. The van der Waals surface area contributed by atoms with Crippen molar-refractivity contribution < 1.29 is 34.8 Å². The fourth-order valence-electron chi connectivity index (χ4n) is 2.55. The summed E-state index contributed by atoms with van der Waals surface area (Å²) in [5.74, 6) is -3.15. The molecule has 13 heteroatoms. The quantitative estimate of drug-likeness (QED) is 0.195. The van der Waals surface area contributed by atoms with Crippen molar-refractivity contribution in [3.05, 3.63) is 54.2 Å². The van der Waals surface area contributed by atoms with Gasteiger partial charge in [0.25, 0.3) is 0 Å². The second-order valence-electron chi connectivity index (χ2n) is 7.34. The number of carboxylic acids is 3. The molecule has 4 atom stereocenters. The third-order valence-electron chi connectivity index (χ3n) is 4.55. The molecule has 34 heavy (non-hydrogen) atoms. The van der Waals surface area contributed by atoms with Crippen molar-refractivity contribution in [2.75, 3.05) is 0 Å². The molecule has 0 aliphatic rings. The van der Waals surface area contributed by atoms with Gasteiger partial charge in [0.1, 0.15) is 18.1 Å². The average Bonchev–Trinajstić information content (AvgIpc) is 3.44. The van der Waals surface area contributed by atoms with Crippen LogP contribution in [0.25, 0.3) is 10.9 Å². The van der Waals surface area contributed by atoms with E-state index in [9.17, 15) is 14.4 Å². The van der Waals surface area contributed by atoms with Gasteiger partial charge in [-0.2, -0.15) is 0 Å². The molecular weight excluding hydrogens is 448 g/mol. The van der Waals surface area contributed by atoms with E-state index in [1.807, 2.05) is 30.5 Å². The molecule has 2 aromatic heterocycles. The first kappa shape index (κ1) is 28.3. The monoisotopic (exact) mass is 478 g/mol. The number of aliphatic hydroxyl groups is 1. The van der Waals surface area contributed by atoms with Crippen LogP contribution in [-0.2, 0) is 27.2 Å². The van der Waals surface area contributed by atoms with Crippen molar-refractivity contribution in [1.29, 1.82) is 0 Å². The largest absolute Gasteiger partial charge is 0.480 e. The van der Waals surface area contributed by atoms with E-state index < -0.39 is 42.1 Å². The van der Waals surface area contributed by atoms with Gasteiger partial charge in [-0.1, -0.05) is 18.2 Å². The van der Waals surface area contributed by atoms with Crippen LogP contribution in [-0.4, -0.2) is 77.5 Å². The number of hydrogen-bond acceptors (Lipinski definition) is 8. The van der Waals surface area contributed by atoms with Gasteiger partial charge in [-0.3, -0.25) is 14.4 Å². The normalized spacial score (nSPS) is 13.9. The van der Waals surface area contributed by atoms with Crippen LogP contribution in [0.4, 0.5) is 0 Å². The number of carbonyl (C=O) groups is 3. The first-order valence-electron chi connectivity index (χ1n) is 10.1. The number of H-pyrrole nitrogens is 2. The van der Waals surface area contributed by atoms with Gasteiger partial charge in [0.2, 0.25) is 0 Å². The minimum absolute atomic E-state index is 0.287. The molecule has 0 saturated carbocycles. The number of para-hydroxylation sites is 1. The molecule has 186 valence electrons. The number of carboxylic acid groups (broad SMARTS) is 3. The van der Waals surface area contributed by atoms with Crippen LogP contribution in [0.3, 0.4) is 0 Å². The van der Waals surface area contributed by atoms with Crippen LogP contribution in [0.15, 0.2) is 43.0 Å². The summed E-state index contributed by atoms with van der Waals surface area (Å²) in [5, 5.41) is 34.7. The first-order valence-corrected chi connectivity index (χ1v) is 10.1. The number of fused-ring (bicyclic) bond motifs is 1. The maximum Gasteiger partial charge on any atom is 0.323 e. The molecular formula is C21H30N6O7. The van der Waals surface area contributed by atoms with E-state index in [1.54, 1.807) is 6.20 Å². The van der Waals surface area contributed by atoms with Gasteiger partial charge in [0, 0.05) is 41.8 Å². The molecule has 12 N–H and O–H groups in total. The summed E-state index contributed by atoms with van der Waals surface area (Å²) < 4.78 is 0. The minimum Gasteiger partial charge on any atom is -0.480 e. The number of benzene rings is 1. The van der Waals surface area contributed by atoms with Gasteiger partial charge in [-0.15, -0.1) is 0 Å². The minimum atomic E-state index is -1.18. The number of aromatic amines is 2. The molecule has 13 nitrogen and oxygen atoms in total. The Kier molecular flexibility index (Phi) is 11.4. The molecule has 1 aromatic carbocycles. The van der Waals surface area contributed by atoms with Crippen molar-refractivity contribution >= 4 is 28.8 Å². The summed E-state index contributed by atoms with van der Waals surface area (Å²) in [6, 6.07) is 4.90. The Morgan fingerprint density at radius 2 is 1.53 bits per heavy atom.